The van der Waals surface area contributed by atoms with Gasteiger partial charge in [-0.2, -0.15) is 0 Å². The molecule has 0 amide bonds. The fourth-order valence-electron chi connectivity index (χ4n) is 1.28. The summed E-state index contributed by atoms with van der Waals surface area (Å²) in [6.07, 6.45) is 0. The van der Waals surface area contributed by atoms with Crippen LogP contribution in [0.25, 0.3) is 0 Å². The molecule has 0 saturated heterocycles. The Morgan fingerprint density at radius 2 is 1.94 bits per heavy atom. The topological polar surface area (TPSA) is 89.6 Å². The normalized spacial score (nSPS) is 15.5. The van der Waals surface area contributed by atoms with Crippen LogP contribution in [0.4, 0.5) is 0 Å². The quantitative estimate of drug-likeness (QED) is 0.767. The molecule has 18 heavy (non-hydrogen) atoms. The van der Waals surface area contributed by atoms with Gasteiger partial charge in [-0.05, 0) is 19.4 Å². The lowest BCUT2D eigenvalue weighted by molar-refractivity contribution is -0.158. The molecule has 0 bridgehead atoms. The molecule has 0 radical (unpaired) electrons. The summed E-state index contributed by atoms with van der Waals surface area (Å²) in [5.41, 5.74) is 4.78. The summed E-state index contributed by atoms with van der Waals surface area (Å²) in [6.45, 7) is 2.85. The van der Waals surface area contributed by atoms with Crippen molar-refractivity contribution in [1.82, 2.24) is 0 Å². The van der Waals surface area contributed by atoms with Gasteiger partial charge in [0.1, 0.15) is 12.1 Å². The number of carbonyl (C=O) groups excluding carboxylic acids is 1. The number of nitrogens with two attached hydrogens (primary N) is 1. The zero-order chi connectivity index (χ0) is 13.8. The van der Waals surface area contributed by atoms with Crippen LogP contribution in [0.3, 0.4) is 0 Å². The number of hydrogen-bond donors (Lipinski definition) is 2. The van der Waals surface area contributed by atoms with Crippen molar-refractivity contribution >= 4 is 11.9 Å². The van der Waals surface area contributed by atoms with Gasteiger partial charge in [-0.1, -0.05) is 30.3 Å². The molecule has 2 unspecified atom stereocenters. The molecule has 0 heterocycles. The van der Waals surface area contributed by atoms with Crippen molar-refractivity contribution in [1.29, 1.82) is 0 Å². The lowest BCUT2D eigenvalue weighted by Gasteiger charge is -2.25. The van der Waals surface area contributed by atoms with Gasteiger partial charge in [0.15, 0.2) is 0 Å². The first-order valence-corrected chi connectivity index (χ1v) is 5.58. The Balaban J connectivity index is 2.59. The highest BCUT2D eigenvalue weighted by Gasteiger charge is 2.40. The largest absolute Gasteiger partial charge is 0.480 e. The van der Waals surface area contributed by atoms with Crippen molar-refractivity contribution in [3.8, 4) is 0 Å². The van der Waals surface area contributed by atoms with Crippen LogP contribution in [0, 0.1) is 5.92 Å². The fourth-order valence-corrected chi connectivity index (χ4v) is 1.28. The Kier molecular flexibility index (Phi) is 4.44. The molecule has 1 rings (SSSR count). The summed E-state index contributed by atoms with van der Waals surface area (Å²) in [7, 11) is 0. The van der Waals surface area contributed by atoms with E-state index in [-0.39, 0.29) is 6.61 Å². The first-order valence-electron chi connectivity index (χ1n) is 5.58. The third-order valence-electron chi connectivity index (χ3n) is 2.94. The van der Waals surface area contributed by atoms with Crippen molar-refractivity contribution < 1.29 is 19.4 Å². The molecule has 2 atom stereocenters. The SMILES string of the molecule is CC(C(=O)OCc1ccccc1)C(C)(N)C(=O)O. The zero-order valence-corrected chi connectivity index (χ0v) is 10.4. The minimum absolute atomic E-state index is 0.111. The number of ether oxygens (including phenoxy) is 1. The Bertz CT molecular complexity index is 428. The highest BCUT2D eigenvalue weighted by molar-refractivity contribution is 5.86. The smallest absolute Gasteiger partial charge is 0.324 e. The molecule has 0 saturated carbocycles. The van der Waals surface area contributed by atoms with E-state index in [1.807, 2.05) is 30.3 Å². The van der Waals surface area contributed by atoms with E-state index in [9.17, 15) is 9.59 Å². The van der Waals surface area contributed by atoms with Gasteiger partial charge in [-0.25, -0.2) is 0 Å². The Labute approximate surface area is 106 Å². The first kappa shape index (κ1) is 14.2. The van der Waals surface area contributed by atoms with Crippen molar-refractivity contribution in [2.45, 2.75) is 26.0 Å². The molecule has 5 heteroatoms. The van der Waals surface area contributed by atoms with E-state index in [0.717, 1.165) is 5.56 Å². The number of rotatable bonds is 5. The van der Waals surface area contributed by atoms with Crippen molar-refractivity contribution in [3.63, 3.8) is 0 Å². The van der Waals surface area contributed by atoms with E-state index < -0.39 is 23.4 Å². The summed E-state index contributed by atoms with van der Waals surface area (Å²) < 4.78 is 5.04. The third-order valence-corrected chi connectivity index (χ3v) is 2.94. The highest BCUT2D eigenvalue weighted by Crippen LogP contribution is 2.16. The molecule has 0 aliphatic heterocycles. The zero-order valence-electron chi connectivity index (χ0n) is 10.4. The van der Waals surface area contributed by atoms with E-state index in [1.54, 1.807) is 0 Å². The molecular weight excluding hydrogens is 234 g/mol. The predicted octanol–water partition coefficient (Wildman–Crippen LogP) is 1.17. The van der Waals surface area contributed by atoms with Crippen LogP contribution in [-0.2, 0) is 20.9 Å². The molecule has 0 fully saturated rings. The van der Waals surface area contributed by atoms with Crippen LogP contribution in [0.5, 0.6) is 0 Å². The molecule has 98 valence electrons. The number of carboxylic acid groups (broad SMARTS) is 1. The molecule has 1 aromatic rings. The Morgan fingerprint density at radius 1 is 1.39 bits per heavy atom. The molecule has 0 aromatic heterocycles. The minimum Gasteiger partial charge on any atom is -0.480 e. The lowest BCUT2D eigenvalue weighted by atomic mass is 9.88. The van der Waals surface area contributed by atoms with Crippen LogP contribution in [0.15, 0.2) is 30.3 Å². The lowest BCUT2D eigenvalue weighted by Crippen LogP contribution is -2.53. The summed E-state index contributed by atoms with van der Waals surface area (Å²) in [5, 5.41) is 8.91. The molecule has 0 aliphatic rings. The maximum Gasteiger partial charge on any atom is 0.324 e. The van der Waals surface area contributed by atoms with Gasteiger partial charge in [-0.3, -0.25) is 9.59 Å². The van der Waals surface area contributed by atoms with Gasteiger partial charge in [0.05, 0.1) is 5.92 Å². The fraction of sp³-hybridized carbons (Fsp3) is 0.385. The molecule has 3 N–H and O–H groups in total. The van der Waals surface area contributed by atoms with E-state index in [1.165, 1.54) is 13.8 Å². The maximum absolute atomic E-state index is 11.7. The Hall–Kier alpha value is -1.88. The number of hydrogen-bond acceptors (Lipinski definition) is 4. The molecular formula is C13H17NO4. The van der Waals surface area contributed by atoms with Crippen LogP contribution in [0.1, 0.15) is 19.4 Å². The highest BCUT2D eigenvalue weighted by atomic mass is 16.5. The first-order chi connectivity index (χ1) is 8.35. The van der Waals surface area contributed by atoms with Crippen LogP contribution < -0.4 is 5.73 Å². The second kappa shape index (κ2) is 5.64. The van der Waals surface area contributed by atoms with Crippen LogP contribution >= 0.6 is 0 Å². The number of aliphatic carboxylic acids is 1. The average Bonchev–Trinajstić information content (AvgIpc) is 2.36. The van der Waals surface area contributed by atoms with Gasteiger partial charge in [0.2, 0.25) is 0 Å². The molecule has 0 spiro atoms. The summed E-state index contributed by atoms with van der Waals surface area (Å²) in [6, 6.07) is 9.15. The monoisotopic (exact) mass is 251 g/mol. The molecule has 5 nitrogen and oxygen atoms in total. The molecule has 0 aliphatic carbocycles. The number of esters is 1. The van der Waals surface area contributed by atoms with E-state index in [2.05, 4.69) is 0 Å². The van der Waals surface area contributed by atoms with Gasteiger partial charge in [0, 0.05) is 0 Å². The second-order valence-electron chi connectivity index (χ2n) is 4.40. The van der Waals surface area contributed by atoms with Gasteiger partial charge in [-0.15, -0.1) is 0 Å². The average molecular weight is 251 g/mol. The Morgan fingerprint density at radius 3 is 2.44 bits per heavy atom. The minimum atomic E-state index is -1.63. The number of carboxylic acids is 1. The molecule has 1 aromatic carbocycles. The number of carbonyl (C=O) groups is 2. The van der Waals surface area contributed by atoms with E-state index in [4.69, 9.17) is 15.6 Å². The third kappa shape index (κ3) is 3.30. The maximum atomic E-state index is 11.7. The van der Waals surface area contributed by atoms with Crippen LogP contribution in [0.2, 0.25) is 0 Å². The summed E-state index contributed by atoms with van der Waals surface area (Å²) in [5.74, 6) is -2.77. The van der Waals surface area contributed by atoms with E-state index >= 15 is 0 Å². The predicted molar refractivity (Wildman–Crippen MR) is 65.6 cm³/mol. The second-order valence-corrected chi connectivity index (χ2v) is 4.40. The van der Waals surface area contributed by atoms with E-state index in [0.29, 0.717) is 0 Å². The standard InChI is InChI=1S/C13H17NO4/c1-9(13(2,14)12(16)17)11(15)18-8-10-6-4-3-5-7-10/h3-7,9H,8,14H2,1-2H3,(H,16,17). The summed E-state index contributed by atoms with van der Waals surface area (Å²) >= 11 is 0. The van der Waals surface area contributed by atoms with Crippen LogP contribution in [-0.4, -0.2) is 22.6 Å². The van der Waals surface area contributed by atoms with Crippen molar-refractivity contribution in [2.75, 3.05) is 0 Å². The van der Waals surface area contributed by atoms with Gasteiger partial charge < -0.3 is 15.6 Å². The summed E-state index contributed by atoms with van der Waals surface area (Å²) in [4.78, 5) is 22.6. The van der Waals surface area contributed by atoms with Crippen molar-refractivity contribution in [2.24, 2.45) is 11.7 Å². The van der Waals surface area contributed by atoms with Crippen molar-refractivity contribution in [3.05, 3.63) is 35.9 Å². The van der Waals surface area contributed by atoms with Gasteiger partial charge >= 0.3 is 11.9 Å². The number of benzene rings is 1. The van der Waals surface area contributed by atoms with Gasteiger partial charge in [0.25, 0.3) is 0 Å².